The van der Waals surface area contributed by atoms with Crippen LogP contribution < -0.4 is 0 Å². The first-order chi connectivity index (χ1) is 4.93. The van der Waals surface area contributed by atoms with Crippen LogP contribution >= 0.6 is 0 Å². The van der Waals surface area contributed by atoms with Crippen molar-refractivity contribution in [3.63, 3.8) is 0 Å². The van der Waals surface area contributed by atoms with Gasteiger partial charge in [-0.15, -0.1) is 0 Å². The summed E-state index contributed by atoms with van der Waals surface area (Å²) in [4.78, 5) is 10.0. The van der Waals surface area contributed by atoms with E-state index in [2.05, 4.69) is 0 Å². The molecule has 0 aromatic rings. The van der Waals surface area contributed by atoms with Crippen molar-refractivity contribution in [2.75, 3.05) is 0 Å². The largest absolute Gasteiger partial charge is 0.398 e. The number of hydrogen-bond donors (Lipinski definition) is 0. The summed E-state index contributed by atoms with van der Waals surface area (Å²) in [5.41, 5.74) is 0. The second kappa shape index (κ2) is 3.74. The highest BCUT2D eigenvalue weighted by molar-refractivity contribution is 5.55. The monoisotopic (exact) mass is 168 g/mol. The van der Waals surface area contributed by atoms with Crippen LogP contribution in [0.3, 0.4) is 0 Å². The lowest BCUT2D eigenvalue weighted by Gasteiger charge is -2.19. The third-order valence-corrected chi connectivity index (χ3v) is 1.78. The van der Waals surface area contributed by atoms with Gasteiger partial charge in [0.05, 0.1) is 0 Å². The van der Waals surface area contributed by atoms with Gasteiger partial charge in [-0.05, 0) is 5.92 Å². The van der Waals surface area contributed by atoms with Crippen LogP contribution in [0.4, 0.5) is 13.2 Å². The van der Waals surface area contributed by atoms with E-state index in [1.165, 1.54) is 6.92 Å². The maximum atomic E-state index is 11.9. The van der Waals surface area contributed by atoms with Gasteiger partial charge < -0.3 is 4.79 Å². The molecule has 0 aliphatic carbocycles. The summed E-state index contributed by atoms with van der Waals surface area (Å²) in [6.07, 6.45) is -4.03. The Bertz CT molecular complexity index is 130. The van der Waals surface area contributed by atoms with Crippen LogP contribution in [-0.4, -0.2) is 12.5 Å². The van der Waals surface area contributed by atoms with Crippen LogP contribution in [0.25, 0.3) is 0 Å². The SMILES string of the molecule is CCC(C)C(C=O)C(F)(F)F. The molecular formula is C7H11F3O. The van der Waals surface area contributed by atoms with Gasteiger partial charge in [0.1, 0.15) is 12.2 Å². The standard InChI is InChI=1S/C7H11F3O/c1-3-5(2)6(4-11)7(8,9)10/h4-6H,3H2,1-2H3. The van der Waals surface area contributed by atoms with Gasteiger partial charge in [-0.2, -0.15) is 13.2 Å². The Morgan fingerprint density at radius 3 is 2.00 bits per heavy atom. The average Bonchev–Trinajstić information content (AvgIpc) is 1.86. The Morgan fingerprint density at radius 1 is 1.45 bits per heavy atom. The Morgan fingerprint density at radius 2 is 1.91 bits per heavy atom. The summed E-state index contributed by atoms with van der Waals surface area (Å²) < 4.78 is 35.8. The van der Waals surface area contributed by atoms with Crippen molar-refractivity contribution in [3.8, 4) is 0 Å². The summed E-state index contributed by atoms with van der Waals surface area (Å²) in [5, 5.41) is 0. The third-order valence-electron chi connectivity index (χ3n) is 1.78. The average molecular weight is 168 g/mol. The Balaban J connectivity index is 4.28. The van der Waals surface area contributed by atoms with Gasteiger partial charge in [0, 0.05) is 0 Å². The quantitative estimate of drug-likeness (QED) is 0.591. The number of alkyl halides is 3. The van der Waals surface area contributed by atoms with Gasteiger partial charge in [0.25, 0.3) is 0 Å². The normalized spacial score (nSPS) is 17.5. The molecule has 0 aromatic heterocycles. The smallest absolute Gasteiger partial charge is 0.303 e. The van der Waals surface area contributed by atoms with E-state index in [1.807, 2.05) is 0 Å². The molecule has 0 saturated carbocycles. The summed E-state index contributed by atoms with van der Waals surface area (Å²) in [7, 11) is 0. The molecule has 0 amide bonds. The van der Waals surface area contributed by atoms with Crippen LogP contribution in [0.5, 0.6) is 0 Å². The fraction of sp³-hybridized carbons (Fsp3) is 0.857. The van der Waals surface area contributed by atoms with Crippen molar-refractivity contribution in [1.29, 1.82) is 0 Å². The van der Waals surface area contributed by atoms with E-state index in [0.29, 0.717) is 6.42 Å². The fourth-order valence-electron chi connectivity index (χ4n) is 0.788. The van der Waals surface area contributed by atoms with Crippen molar-refractivity contribution in [2.45, 2.75) is 26.4 Å². The van der Waals surface area contributed by atoms with Crippen LogP contribution in [0.15, 0.2) is 0 Å². The minimum atomic E-state index is -4.38. The Kier molecular flexibility index (Phi) is 3.55. The zero-order valence-electron chi connectivity index (χ0n) is 6.48. The molecule has 0 bridgehead atoms. The molecule has 66 valence electrons. The predicted molar refractivity (Wildman–Crippen MR) is 35.1 cm³/mol. The van der Waals surface area contributed by atoms with Gasteiger partial charge in [0.2, 0.25) is 0 Å². The van der Waals surface area contributed by atoms with Crippen LogP contribution in [-0.2, 0) is 4.79 Å². The minimum absolute atomic E-state index is 0.0197. The van der Waals surface area contributed by atoms with Gasteiger partial charge >= 0.3 is 6.18 Å². The van der Waals surface area contributed by atoms with E-state index >= 15 is 0 Å². The molecular weight excluding hydrogens is 157 g/mol. The van der Waals surface area contributed by atoms with Crippen LogP contribution in [0.1, 0.15) is 20.3 Å². The summed E-state index contributed by atoms with van der Waals surface area (Å²) in [5.74, 6) is -2.42. The van der Waals surface area contributed by atoms with Gasteiger partial charge in [-0.25, -0.2) is 0 Å². The van der Waals surface area contributed by atoms with E-state index in [-0.39, 0.29) is 6.29 Å². The zero-order valence-corrected chi connectivity index (χ0v) is 6.48. The number of hydrogen-bond acceptors (Lipinski definition) is 1. The molecule has 2 unspecified atom stereocenters. The fourth-order valence-corrected chi connectivity index (χ4v) is 0.788. The first kappa shape index (κ1) is 10.5. The molecule has 0 radical (unpaired) electrons. The first-order valence-corrected chi connectivity index (χ1v) is 3.45. The molecule has 0 aliphatic heterocycles. The summed E-state index contributed by atoms with van der Waals surface area (Å²) >= 11 is 0. The molecule has 1 nitrogen and oxygen atoms in total. The Hall–Kier alpha value is -0.540. The second-order valence-electron chi connectivity index (χ2n) is 2.59. The molecule has 0 aromatic carbocycles. The molecule has 0 saturated heterocycles. The molecule has 4 heteroatoms. The van der Waals surface area contributed by atoms with E-state index in [0.717, 1.165) is 0 Å². The van der Waals surface area contributed by atoms with E-state index < -0.39 is 18.0 Å². The molecule has 0 N–H and O–H groups in total. The van der Waals surface area contributed by atoms with Crippen molar-refractivity contribution >= 4 is 6.29 Å². The lowest BCUT2D eigenvalue weighted by atomic mass is 9.93. The number of halogens is 3. The second-order valence-corrected chi connectivity index (χ2v) is 2.59. The van der Waals surface area contributed by atoms with E-state index in [1.54, 1.807) is 6.92 Å². The first-order valence-electron chi connectivity index (χ1n) is 3.45. The molecule has 0 rings (SSSR count). The van der Waals surface area contributed by atoms with Crippen molar-refractivity contribution < 1.29 is 18.0 Å². The summed E-state index contributed by atoms with van der Waals surface area (Å²) in [6, 6.07) is 0. The highest BCUT2D eigenvalue weighted by Crippen LogP contribution is 2.31. The molecule has 0 aliphatic rings. The van der Waals surface area contributed by atoms with E-state index in [4.69, 9.17) is 0 Å². The van der Waals surface area contributed by atoms with Gasteiger partial charge in [0.15, 0.2) is 0 Å². The number of rotatable bonds is 3. The number of aldehydes is 1. The molecule has 2 atom stereocenters. The zero-order chi connectivity index (χ0) is 9.07. The predicted octanol–water partition coefficient (Wildman–Crippen LogP) is 2.41. The maximum absolute atomic E-state index is 11.9. The molecule has 0 heterocycles. The number of carbonyl (C=O) groups excluding carboxylic acids is 1. The third kappa shape index (κ3) is 2.91. The van der Waals surface area contributed by atoms with Crippen molar-refractivity contribution in [3.05, 3.63) is 0 Å². The van der Waals surface area contributed by atoms with Crippen LogP contribution in [0, 0.1) is 11.8 Å². The minimum Gasteiger partial charge on any atom is -0.303 e. The van der Waals surface area contributed by atoms with Crippen LogP contribution in [0.2, 0.25) is 0 Å². The van der Waals surface area contributed by atoms with Gasteiger partial charge in [-0.1, -0.05) is 20.3 Å². The molecule has 0 spiro atoms. The Labute approximate surface area is 63.6 Å². The van der Waals surface area contributed by atoms with Crippen molar-refractivity contribution in [1.82, 2.24) is 0 Å². The highest BCUT2D eigenvalue weighted by Gasteiger charge is 2.42. The number of carbonyl (C=O) groups is 1. The lowest BCUT2D eigenvalue weighted by molar-refractivity contribution is -0.184. The highest BCUT2D eigenvalue weighted by atomic mass is 19.4. The van der Waals surface area contributed by atoms with E-state index in [9.17, 15) is 18.0 Å². The summed E-state index contributed by atoms with van der Waals surface area (Å²) in [6.45, 7) is 3.06. The van der Waals surface area contributed by atoms with Gasteiger partial charge in [-0.3, -0.25) is 0 Å². The molecule has 11 heavy (non-hydrogen) atoms. The lowest BCUT2D eigenvalue weighted by Crippen LogP contribution is -2.29. The topological polar surface area (TPSA) is 17.1 Å². The van der Waals surface area contributed by atoms with Crippen molar-refractivity contribution in [2.24, 2.45) is 11.8 Å². The molecule has 0 fully saturated rings. The maximum Gasteiger partial charge on any atom is 0.398 e.